The molecule has 0 spiro atoms. The molecule has 29 heavy (non-hydrogen) atoms. The number of ether oxygens (including phenoxy) is 1. The maximum absolute atomic E-state index is 12.3. The summed E-state index contributed by atoms with van der Waals surface area (Å²) in [5, 5.41) is 3.26. The first-order valence-corrected chi connectivity index (χ1v) is 9.24. The second-order valence-corrected chi connectivity index (χ2v) is 6.84. The lowest BCUT2D eigenvalue weighted by atomic mass is 10.1. The Bertz CT molecular complexity index is 1040. The second kappa shape index (κ2) is 9.17. The maximum atomic E-state index is 12.3. The number of ketones is 1. The molecule has 3 rings (SSSR count). The van der Waals surface area contributed by atoms with Crippen molar-refractivity contribution in [3.63, 3.8) is 0 Å². The lowest BCUT2D eigenvalue weighted by Gasteiger charge is -2.08. The highest BCUT2D eigenvalue weighted by molar-refractivity contribution is 6.30. The molecule has 0 aliphatic rings. The van der Waals surface area contributed by atoms with Gasteiger partial charge in [0.25, 0.3) is 5.91 Å². The number of anilines is 1. The molecule has 0 radical (unpaired) electrons. The average molecular weight is 408 g/mol. The van der Waals surface area contributed by atoms with Crippen molar-refractivity contribution in [2.24, 2.45) is 0 Å². The van der Waals surface area contributed by atoms with Gasteiger partial charge in [-0.05, 0) is 61.5 Å². The van der Waals surface area contributed by atoms with Crippen molar-refractivity contribution >= 4 is 34.9 Å². The lowest BCUT2D eigenvalue weighted by molar-refractivity contribution is 0.0474. The van der Waals surface area contributed by atoms with Gasteiger partial charge in [0.05, 0.1) is 5.56 Å². The van der Waals surface area contributed by atoms with Crippen molar-refractivity contribution in [3.05, 3.63) is 100 Å². The zero-order valence-corrected chi connectivity index (χ0v) is 16.4. The minimum Gasteiger partial charge on any atom is -0.454 e. The Morgan fingerprint density at radius 1 is 0.862 bits per heavy atom. The van der Waals surface area contributed by atoms with Crippen molar-refractivity contribution in [3.8, 4) is 0 Å². The first-order valence-electron chi connectivity index (χ1n) is 8.86. The average Bonchev–Trinajstić information content (AvgIpc) is 2.73. The van der Waals surface area contributed by atoms with Crippen molar-refractivity contribution in [1.82, 2.24) is 0 Å². The van der Waals surface area contributed by atoms with Crippen molar-refractivity contribution in [2.45, 2.75) is 6.92 Å². The molecule has 1 N–H and O–H groups in total. The fourth-order valence-corrected chi connectivity index (χ4v) is 2.69. The van der Waals surface area contributed by atoms with Gasteiger partial charge in [-0.25, -0.2) is 4.79 Å². The van der Waals surface area contributed by atoms with Gasteiger partial charge in [0, 0.05) is 21.8 Å². The summed E-state index contributed by atoms with van der Waals surface area (Å²) in [5.74, 6) is -1.27. The fraction of sp³-hybridized carbons (Fsp3) is 0.0870. The predicted octanol–water partition coefficient (Wildman–Crippen LogP) is 4.94. The molecule has 0 aliphatic heterocycles. The Labute approximate surface area is 173 Å². The molecule has 146 valence electrons. The summed E-state index contributed by atoms with van der Waals surface area (Å²) >= 11 is 5.79. The molecule has 1 amide bonds. The number of hydrogen-bond donors (Lipinski definition) is 1. The number of nitrogens with one attached hydrogen (secondary N) is 1. The largest absolute Gasteiger partial charge is 0.454 e. The van der Waals surface area contributed by atoms with Gasteiger partial charge in [0.1, 0.15) is 0 Å². The van der Waals surface area contributed by atoms with Gasteiger partial charge in [-0.15, -0.1) is 0 Å². The second-order valence-electron chi connectivity index (χ2n) is 6.41. The SMILES string of the molecule is Cc1ccc(C(=O)Nc2cccc(C(=O)OCC(=O)c3ccc(Cl)cc3)c2)cc1. The molecule has 0 fully saturated rings. The summed E-state index contributed by atoms with van der Waals surface area (Å²) in [6.07, 6.45) is 0. The monoisotopic (exact) mass is 407 g/mol. The molecule has 3 aromatic rings. The smallest absolute Gasteiger partial charge is 0.338 e. The van der Waals surface area contributed by atoms with Crippen LogP contribution in [0.5, 0.6) is 0 Å². The molecule has 6 heteroatoms. The van der Waals surface area contributed by atoms with Gasteiger partial charge in [-0.2, -0.15) is 0 Å². The van der Waals surface area contributed by atoms with Crippen molar-refractivity contribution in [1.29, 1.82) is 0 Å². The summed E-state index contributed by atoms with van der Waals surface area (Å²) in [6, 6.07) is 19.8. The summed E-state index contributed by atoms with van der Waals surface area (Å²) in [6.45, 7) is 1.55. The van der Waals surface area contributed by atoms with Gasteiger partial charge >= 0.3 is 5.97 Å². The lowest BCUT2D eigenvalue weighted by Crippen LogP contribution is -2.15. The quantitative estimate of drug-likeness (QED) is 0.464. The van der Waals surface area contributed by atoms with E-state index in [-0.39, 0.29) is 23.9 Å². The number of carbonyl (C=O) groups is 3. The Kier molecular flexibility index (Phi) is 6.42. The van der Waals surface area contributed by atoms with E-state index in [0.717, 1.165) is 5.56 Å². The van der Waals surface area contributed by atoms with Crippen LogP contribution < -0.4 is 5.32 Å². The van der Waals surface area contributed by atoms with Crippen LogP contribution in [-0.4, -0.2) is 24.3 Å². The molecule has 0 aromatic heterocycles. The third kappa shape index (κ3) is 5.53. The van der Waals surface area contributed by atoms with E-state index in [9.17, 15) is 14.4 Å². The summed E-state index contributed by atoms with van der Waals surface area (Å²) in [5.41, 5.74) is 2.66. The van der Waals surface area contributed by atoms with Crippen LogP contribution in [0.25, 0.3) is 0 Å². The topological polar surface area (TPSA) is 72.5 Å². The van der Waals surface area contributed by atoms with Crippen LogP contribution >= 0.6 is 11.6 Å². The zero-order valence-electron chi connectivity index (χ0n) is 15.6. The highest BCUT2D eigenvalue weighted by Crippen LogP contribution is 2.15. The first-order chi connectivity index (χ1) is 13.9. The predicted molar refractivity (Wildman–Crippen MR) is 112 cm³/mol. The highest BCUT2D eigenvalue weighted by Gasteiger charge is 2.13. The van der Waals surface area contributed by atoms with Crippen molar-refractivity contribution in [2.75, 3.05) is 11.9 Å². The minimum atomic E-state index is -0.654. The minimum absolute atomic E-state index is 0.232. The molecule has 0 atom stereocenters. The third-order valence-electron chi connectivity index (χ3n) is 4.17. The normalized spacial score (nSPS) is 10.3. The third-order valence-corrected chi connectivity index (χ3v) is 4.42. The van der Waals surface area contributed by atoms with E-state index in [4.69, 9.17) is 16.3 Å². The molecule has 0 saturated heterocycles. The highest BCUT2D eigenvalue weighted by atomic mass is 35.5. The number of aryl methyl sites for hydroxylation is 1. The molecule has 5 nitrogen and oxygen atoms in total. The van der Waals surface area contributed by atoms with E-state index in [2.05, 4.69) is 5.32 Å². The number of hydrogen-bond acceptors (Lipinski definition) is 4. The Morgan fingerprint density at radius 2 is 1.52 bits per heavy atom. The first kappa shape index (κ1) is 20.3. The molecular formula is C23H18ClNO4. The van der Waals surface area contributed by atoms with E-state index in [0.29, 0.717) is 21.8 Å². The number of rotatable bonds is 6. The molecular weight excluding hydrogens is 390 g/mol. The van der Waals surface area contributed by atoms with Crippen LogP contribution in [0.15, 0.2) is 72.8 Å². The number of Topliss-reactive ketones (excluding diaryl/α,β-unsaturated/α-hetero) is 1. The molecule has 0 saturated carbocycles. The summed E-state index contributed by atoms with van der Waals surface area (Å²) in [4.78, 5) is 36.7. The van der Waals surface area contributed by atoms with Gasteiger partial charge in [-0.1, -0.05) is 35.4 Å². The summed E-state index contributed by atoms with van der Waals surface area (Å²) < 4.78 is 5.10. The van der Waals surface area contributed by atoms with Gasteiger partial charge < -0.3 is 10.1 Å². The van der Waals surface area contributed by atoms with E-state index in [1.807, 2.05) is 19.1 Å². The Hall–Kier alpha value is -3.44. The molecule has 0 bridgehead atoms. The Balaban J connectivity index is 1.61. The van der Waals surface area contributed by atoms with Gasteiger partial charge in [0.2, 0.25) is 0 Å². The number of amides is 1. The van der Waals surface area contributed by atoms with Crippen LogP contribution in [0, 0.1) is 6.92 Å². The van der Waals surface area contributed by atoms with Crippen LogP contribution in [0.3, 0.4) is 0 Å². The number of benzene rings is 3. The van der Waals surface area contributed by atoms with E-state index < -0.39 is 5.97 Å². The van der Waals surface area contributed by atoms with Crippen molar-refractivity contribution < 1.29 is 19.1 Å². The van der Waals surface area contributed by atoms with Gasteiger partial charge in [-0.3, -0.25) is 9.59 Å². The number of halogens is 1. The zero-order chi connectivity index (χ0) is 20.8. The van der Waals surface area contributed by atoms with Gasteiger partial charge in [0.15, 0.2) is 12.4 Å². The van der Waals surface area contributed by atoms with Crippen LogP contribution in [0.2, 0.25) is 5.02 Å². The maximum Gasteiger partial charge on any atom is 0.338 e. The van der Waals surface area contributed by atoms with Crippen LogP contribution in [-0.2, 0) is 4.74 Å². The van der Waals surface area contributed by atoms with E-state index in [1.165, 1.54) is 6.07 Å². The standard InChI is InChI=1S/C23H18ClNO4/c1-15-5-7-17(8-6-15)22(27)25-20-4-2-3-18(13-20)23(28)29-14-21(26)16-9-11-19(24)12-10-16/h2-13H,14H2,1H3,(H,25,27). The summed E-state index contributed by atoms with van der Waals surface area (Å²) in [7, 11) is 0. The molecule has 3 aromatic carbocycles. The molecule has 0 aliphatic carbocycles. The van der Waals surface area contributed by atoms with Crippen LogP contribution in [0.1, 0.15) is 36.6 Å². The fourth-order valence-electron chi connectivity index (χ4n) is 2.57. The number of carbonyl (C=O) groups excluding carboxylic acids is 3. The van der Waals surface area contributed by atoms with E-state index >= 15 is 0 Å². The molecule has 0 heterocycles. The Morgan fingerprint density at radius 3 is 2.21 bits per heavy atom. The van der Waals surface area contributed by atoms with E-state index in [1.54, 1.807) is 54.6 Å². The number of esters is 1. The molecule has 0 unspecified atom stereocenters. The van der Waals surface area contributed by atoms with Crippen LogP contribution in [0.4, 0.5) is 5.69 Å².